The highest BCUT2D eigenvalue weighted by Gasteiger charge is 2.18. The van der Waals surface area contributed by atoms with Crippen LogP contribution in [-0.2, 0) is 11.2 Å². The van der Waals surface area contributed by atoms with Crippen molar-refractivity contribution in [3.05, 3.63) is 59.2 Å². The van der Waals surface area contributed by atoms with Crippen molar-refractivity contribution in [1.82, 2.24) is 20.1 Å². The summed E-state index contributed by atoms with van der Waals surface area (Å²) >= 11 is 0. The maximum Gasteiger partial charge on any atom is 0.261 e. The van der Waals surface area contributed by atoms with Crippen molar-refractivity contribution in [2.75, 3.05) is 19.0 Å². The van der Waals surface area contributed by atoms with Crippen LogP contribution < -0.4 is 5.32 Å². The first-order valence-electron chi connectivity index (χ1n) is 9.47. The minimum atomic E-state index is 0.415. The molecule has 0 fully saturated rings. The van der Waals surface area contributed by atoms with E-state index in [2.05, 4.69) is 57.5 Å². The van der Waals surface area contributed by atoms with E-state index in [1.54, 1.807) is 13.3 Å². The van der Waals surface area contributed by atoms with Crippen LogP contribution in [0, 0.1) is 20.8 Å². The fraction of sp³-hybridized carbons (Fsp3) is 0.273. The molecule has 7 heteroatoms. The number of hydrogen-bond donors (Lipinski definition) is 1. The second kappa shape index (κ2) is 7.97. The Balaban J connectivity index is 1.84. The monoisotopic (exact) mass is 389 g/mol. The van der Waals surface area contributed by atoms with Crippen LogP contribution in [0.4, 0.5) is 11.4 Å². The standard InChI is InChI=1S/C22H23N5O2/c1-13-9-14(2)11-16(10-13)25-20-17-6-5-15(3)24-21(17)23-12-18(20)22-26-19(27-29-22)7-8-28-4/h5-6,9-12H,7-8H2,1-4H3,(H,23,24,25). The molecule has 29 heavy (non-hydrogen) atoms. The van der Waals surface area contributed by atoms with Gasteiger partial charge in [-0.2, -0.15) is 4.98 Å². The van der Waals surface area contributed by atoms with Crippen LogP contribution in [0.2, 0.25) is 0 Å². The SMILES string of the molecule is COCCc1noc(-c2cnc3nc(C)ccc3c2Nc2cc(C)cc(C)c2)n1. The molecule has 0 spiro atoms. The van der Waals surface area contributed by atoms with Crippen LogP contribution in [0.3, 0.4) is 0 Å². The van der Waals surface area contributed by atoms with E-state index in [1.165, 1.54) is 11.1 Å². The van der Waals surface area contributed by atoms with Crippen LogP contribution in [0.1, 0.15) is 22.6 Å². The van der Waals surface area contributed by atoms with Gasteiger partial charge in [-0.15, -0.1) is 0 Å². The molecule has 1 N–H and O–H groups in total. The van der Waals surface area contributed by atoms with E-state index >= 15 is 0 Å². The molecule has 4 rings (SSSR count). The predicted molar refractivity (Wildman–Crippen MR) is 112 cm³/mol. The van der Waals surface area contributed by atoms with Gasteiger partial charge in [-0.3, -0.25) is 0 Å². The van der Waals surface area contributed by atoms with Gasteiger partial charge in [0.15, 0.2) is 11.5 Å². The van der Waals surface area contributed by atoms with Gasteiger partial charge >= 0.3 is 0 Å². The summed E-state index contributed by atoms with van der Waals surface area (Å²) in [6, 6.07) is 10.3. The fourth-order valence-corrected chi connectivity index (χ4v) is 3.32. The molecule has 1 aromatic carbocycles. The van der Waals surface area contributed by atoms with Crippen molar-refractivity contribution in [2.45, 2.75) is 27.2 Å². The number of aryl methyl sites for hydroxylation is 3. The lowest BCUT2D eigenvalue weighted by molar-refractivity contribution is 0.199. The Labute approximate surface area is 169 Å². The molecule has 3 aromatic heterocycles. The maximum absolute atomic E-state index is 5.53. The summed E-state index contributed by atoms with van der Waals surface area (Å²) in [5.74, 6) is 1.01. The fourth-order valence-electron chi connectivity index (χ4n) is 3.32. The third-order valence-corrected chi connectivity index (χ3v) is 4.59. The lowest BCUT2D eigenvalue weighted by Gasteiger charge is -2.14. The molecule has 148 valence electrons. The number of benzene rings is 1. The minimum Gasteiger partial charge on any atom is -0.384 e. The molecule has 0 unspecified atom stereocenters. The van der Waals surface area contributed by atoms with Gasteiger partial charge in [0.1, 0.15) is 0 Å². The highest BCUT2D eigenvalue weighted by Crippen LogP contribution is 2.35. The van der Waals surface area contributed by atoms with Gasteiger partial charge in [-0.1, -0.05) is 11.2 Å². The Kier molecular flexibility index (Phi) is 5.22. The summed E-state index contributed by atoms with van der Waals surface area (Å²) in [7, 11) is 1.65. The van der Waals surface area contributed by atoms with E-state index < -0.39 is 0 Å². The van der Waals surface area contributed by atoms with E-state index in [0.29, 0.717) is 30.4 Å². The van der Waals surface area contributed by atoms with Crippen LogP contribution in [0.15, 0.2) is 41.1 Å². The Morgan fingerprint density at radius 1 is 1.03 bits per heavy atom. The van der Waals surface area contributed by atoms with Gasteiger partial charge in [0.25, 0.3) is 5.89 Å². The van der Waals surface area contributed by atoms with Gasteiger partial charge in [0.05, 0.1) is 17.9 Å². The van der Waals surface area contributed by atoms with E-state index in [1.807, 2.05) is 19.1 Å². The highest BCUT2D eigenvalue weighted by molar-refractivity contribution is 5.98. The van der Waals surface area contributed by atoms with Crippen LogP contribution in [-0.4, -0.2) is 33.8 Å². The molecule has 7 nitrogen and oxygen atoms in total. The topological polar surface area (TPSA) is 86.0 Å². The lowest BCUT2D eigenvalue weighted by Crippen LogP contribution is -1.99. The molecular formula is C22H23N5O2. The zero-order chi connectivity index (χ0) is 20.4. The van der Waals surface area contributed by atoms with Crippen LogP contribution in [0.5, 0.6) is 0 Å². The molecule has 0 saturated heterocycles. The second-order valence-electron chi connectivity index (χ2n) is 7.13. The first kappa shape index (κ1) is 19.0. The number of fused-ring (bicyclic) bond motifs is 1. The number of aromatic nitrogens is 4. The van der Waals surface area contributed by atoms with Crippen LogP contribution >= 0.6 is 0 Å². The zero-order valence-electron chi connectivity index (χ0n) is 17.0. The van der Waals surface area contributed by atoms with Gasteiger partial charge in [0.2, 0.25) is 0 Å². The van der Waals surface area contributed by atoms with Crippen molar-refractivity contribution in [3.63, 3.8) is 0 Å². The quantitative estimate of drug-likeness (QED) is 0.518. The number of nitrogens with one attached hydrogen (secondary N) is 1. The summed E-state index contributed by atoms with van der Waals surface area (Å²) in [4.78, 5) is 13.6. The number of pyridine rings is 2. The molecule has 0 aliphatic heterocycles. The molecule has 0 radical (unpaired) electrons. The Morgan fingerprint density at radius 2 is 1.83 bits per heavy atom. The Hall–Kier alpha value is -3.32. The highest BCUT2D eigenvalue weighted by atomic mass is 16.5. The summed E-state index contributed by atoms with van der Waals surface area (Å²) < 4.78 is 10.6. The first-order valence-corrected chi connectivity index (χ1v) is 9.47. The van der Waals surface area contributed by atoms with E-state index in [0.717, 1.165) is 28.0 Å². The predicted octanol–water partition coefficient (Wildman–Crippen LogP) is 4.54. The van der Waals surface area contributed by atoms with Gasteiger partial charge in [0, 0.05) is 36.5 Å². The molecule has 3 heterocycles. The lowest BCUT2D eigenvalue weighted by atomic mass is 10.1. The third kappa shape index (κ3) is 4.09. The Bertz CT molecular complexity index is 1150. The normalized spacial score (nSPS) is 11.2. The third-order valence-electron chi connectivity index (χ3n) is 4.59. The van der Waals surface area contributed by atoms with Gasteiger partial charge in [-0.25, -0.2) is 9.97 Å². The molecule has 0 aliphatic carbocycles. The maximum atomic E-state index is 5.53. The molecule has 4 aromatic rings. The van der Waals surface area contributed by atoms with E-state index in [9.17, 15) is 0 Å². The minimum absolute atomic E-state index is 0.415. The summed E-state index contributed by atoms with van der Waals surface area (Å²) in [5.41, 5.74) is 6.50. The number of ether oxygens (including phenoxy) is 1. The molecule has 0 saturated carbocycles. The van der Waals surface area contributed by atoms with Crippen LogP contribution in [0.25, 0.3) is 22.5 Å². The van der Waals surface area contributed by atoms with E-state index in [4.69, 9.17) is 9.26 Å². The van der Waals surface area contributed by atoms with Crippen molar-refractivity contribution in [2.24, 2.45) is 0 Å². The zero-order valence-corrected chi connectivity index (χ0v) is 17.0. The van der Waals surface area contributed by atoms with Gasteiger partial charge < -0.3 is 14.6 Å². The first-order chi connectivity index (χ1) is 14.0. The largest absolute Gasteiger partial charge is 0.384 e. The van der Waals surface area contributed by atoms with Crippen molar-refractivity contribution in [3.8, 4) is 11.5 Å². The van der Waals surface area contributed by atoms with Crippen molar-refractivity contribution >= 4 is 22.4 Å². The Morgan fingerprint density at radius 3 is 2.59 bits per heavy atom. The molecular weight excluding hydrogens is 366 g/mol. The summed E-state index contributed by atoms with van der Waals surface area (Å²) in [5, 5.41) is 8.49. The molecule has 0 aliphatic rings. The number of anilines is 2. The van der Waals surface area contributed by atoms with Gasteiger partial charge in [-0.05, 0) is 56.2 Å². The average molecular weight is 389 g/mol. The number of hydrogen-bond acceptors (Lipinski definition) is 7. The van der Waals surface area contributed by atoms with Crippen molar-refractivity contribution in [1.29, 1.82) is 0 Å². The number of rotatable bonds is 6. The van der Waals surface area contributed by atoms with Crippen molar-refractivity contribution < 1.29 is 9.26 Å². The number of methoxy groups -OCH3 is 1. The average Bonchev–Trinajstić information content (AvgIpc) is 3.14. The summed E-state index contributed by atoms with van der Waals surface area (Å²) in [6.07, 6.45) is 2.31. The number of nitrogens with zero attached hydrogens (tertiary/aromatic N) is 4. The second-order valence-corrected chi connectivity index (χ2v) is 7.13. The van der Waals surface area contributed by atoms with E-state index in [-0.39, 0.29) is 0 Å². The molecule has 0 amide bonds. The summed E-state index contributed by atoms with van der Waals surface area (Å²) in [6.45, 7) is 6.64. The smallest absolute Gasteiger partial charge is 0.261 e. The molecule has 0 bridgehead atoms. The molecule has 0 atom stereocenters.